The summed E-state index contributed by atoms with van der Waals surface area (Å²) in [7, 11) is 0. The van der Waals surface area contributed by atoms with Crippen molar-refractivity contribution < 1.29 is 24.0 Å². The van der Waals surface area contributed by atoms with Crippen molar-refractivity contribution in [2.45, 2.75) is 45.6 Å². The van der Waals surface area contributed by atoms with Gasteiger partial charge < -0.3 is 20.7 Å². The number of carbonyl (C=O) groups is 3. The summed E-state index contributed by atoms with van der Waals surface area (Å²) < 4.78 is 4.98. The number of nitrogens with zero attached hydrogens (tertiary/aromatic N) is 1. The molecule has 4 N–H and O–H groups in total. The first-order valence-electron chi connectivity index (χ1n) is 6.53. The predicted molar refractivity (Wildman–Crippen MR) is 72.3 cm³/mol. The van der Waals surface area contributed by atoms with Crippen LogP contribution in [0.5, 0.6) is 0 Å². The number of nitrogens with two attached hydrogens (primary N) is 1. The highest BCUT2D eigenvalue weighted by atomic mass is 16.5. The molecule has 0 aliphatic rings. The van der Waals surface area contributed by atoms with Crippen LogP contribution in [0.25, 0.3) is 0 Å². The summed E-state index contributed by atoms with van der Waals surface area (Å²) in [6.45, 7) is 3.52. The minimum absolute atomic E-state index is 0.0261. The minimum atomic E-state index is -1.19. The van der Waals surface area contributed by atoms with E-state index in [-0.39, 0.29) is 19.3 Å². The SMILES string of the molecule is Cc1noc(C)c1CCC(=O)N[C@H](CCC(N)=O)C(=O)O. The van der Waals surface area contributed by atoms with E-state index >= 15 is 0 Å². The van der Waals surface area contributed by atoms with Gasteiger partial charge in [0.2, 0.25) is 11.8 Å². The molecule has 8 nitrogen and oxygen atoms in total. The van der Waals surface area contributed by atoms with Crippen molar-refractivity contribution in [3.05, 3.63) is 17.0 Å². The third-order valence-corrected chi connectivity index (χ3v) is 3.10. The van der Waals surface area contributed by atoms with Crippen molar-refractivity contribution >= 4 is 17.8 Å². The van der Waals surface area contributed by atoms with Gasteiger partial charge in [-0.15, -0.1) is 0 Å². The largest absolute Gasteiger partial charge is 0.480 e. The van der Waals surface area contributed by atoms with Gasteiger partial charge in [-0.25, -0.2) is 4.79 Å². The van der Waals surface area contributed by atoms with Crippen molar-refractivity contribution in [2.24, 2.45) is 5.73 Å². The van der Waals surface area contributed by atoms with E-state index in [1.807, 2.05) is 0 Å². The molecule has 0 saturated heterocycles. The second-order valence-corrected chi connectivity index (χ2v) is 4.77. The Kier molecular flexibility index (Phi) is 5.89. The number of carboxylic acids is 1. The molecule has 0 aliphatic heterocycles. The Morgan fingerprint density at radius 1 is 1.33 bits per heavy atom. The molecule has 116 valence electrons. The van der Waals surface area contributed by atoms with Gasteiger partial charge in [0.15, 0.2) is 0 Å². The lowest BCUT2D eigenvalue weighted by Gasteiger charge is -2.13. The number of hydrogen-bond donors (Lipinski definition) is 3. The van der Waals surface area contributed by atoms with Crippen LogP contribution in [0.3, 0.4) is 0 Å². The summed E-state index contributed by atoms with van der Waals surface area (Å²) in [6, 6.07) is -1.12. The van der Waals surface area contributed by atoms with Crippen LogP contribution in [-0.4, -0.2) is 34.1 Å². The molecule has 8 heteroatoms. The Balaban J connectivity index is 2.50. The topological polar surface area (TPSA) is 136 Å². The van der Waals surface area contributed by atoms with Crippen LogP contribution in [-0.2, 0) is 20.8 Å². The fraction of sp³-hybridized carbons (Fsp3) is 0.538. The number of aromatic nitrogens is 1. The molecule has 2 amide bonds. The van der Waals surface area contributed by atoms with E-state index in [2.05, 4.69) is 10.5 Å². The molecule has 0 fully saturated rings. The number of amides is 2. The Labute approximate surface area is 121 Å². The zero-order chi connectivity index (χ0) is 16.0. The first-order chi connectivity index (χ1) is 9.81. The summed E-state index contributed by atoms with van der Waals surface area (Å²) in [5, 5.41) is 15.1. The van der Waals surface area contributed by atoms with Crippen molar-refractivity contribution in [1.29, 1.82) is 0 Å². The summed E-state index contributed by atoms with van der Waals surface area (Å²) in [5.41, 5.74) is 6.52. The number of carbonyl (C=O) groups excluding carboxylic acids is 2. The summed E-state index contributed by atoms with van der Waals surface area (Å²) in [4.78, 5) is 33.4. The fourth-order valence-electron chi connectivity index (χ4n) is 1.91. The third-order valence-electron chi connectivity index (χ3n) is 3.10. The molecule has 1 aromatic rings. The van der Waals surface area contributed by atoms with Crippen LogP contribution < -0.4 is 11.1 Å². The number of primary amides is 1. The fourth-order valence-corrected chi connectivity index (χ4v) is 1.91. The number of carboxylic acid groups (broad SMARTS) is 1. The molecule has 1 rings (SSSR count). The Morgan fingerprint density at radius 2 is 2.00 bits per heavy atom. The first kappa shape index (κ1) is 16.7. The zero-order valence-corrected chi connectivity index (χ0v) is 12.0. The molecular formula is C13H19N3O5. The van der Waals surface area contributed by atoms with E-state index in [4.69, 9.17) is 15.4 Å². The highest BCUT2D eigenvalue weighted by Crippen LogP contribution is 2.14. The van der Waals surface area contributed by atoms with Gasteiger partial charge in [-0.3, -0.25) is 9.59 Å². The van der Waals surface area contributed by atoms with E-state index in [0.717, 1.165) is 5.56 Å². The van der Waals surface area contributed by atoms with Crippen LogP contribution in [0.1, 0.15) is 36.3 Å². The monoisotopic (exact) mass is 297 g/mol. The van der Waals surface area contributed by atoms with E-state index in [9.17, 15) is 14.4 Å². The summed E-state index contributed by atoms with van der Waals surface area (Å²) >= 11 is 0. The van der Waals surface area contributed by atoms with Gasteiger partial charge in [-0.05, 0) is 26.7 Å². The number of aryl methyl sites for hydroxylation is 2. The minimum Gasteiger partial charge on any atom is -0.480 e. The molecule has 0 aliphatic carbocycles. The molecule has 0 unspecified atom stereocenters. The number of hydrogen-bond acceptors (Lipinski definition) is 5. The van der Waals surface area contributed by atoms with Gasteiger partial charge >= 0.3 is 5.97 Å². The number of aliphatic carboxylic acids is 1. The lowest BCUT2D eigenvalue weighted by atomic mass is 10.1. The standard InChI is InChI=1S/C13H19N3O5/c1-7-9(8(2)21-16-7)3-6-12(18)15-10(13(19)20)4-5-11(14)17/h10H,3-6H2,1-2H3,(H2,14,17)(H,15,18)(H,19,20)/t10-/m1/s1. The molecule has 0 spiro atoms. The lowest BCUT2D eigenvalue weighted by molar-refractivity contribution is -0.142. The molecule has 0 radical (unpaired) electrons. The second kappa shape index (κ2) is 7.41. The lowest BCUT2D eigenvalue weighted by Crippen LogP contribution is -2.41. The van der Waals surface area contributed by atoms with Gasteiger partial charge in [-0.1, -0.05) is 5.16 Å². The van der Waals surface area contributed by atoms with Crippen LogP contribution in [0.15, 0.2) is 4.52 Å². The average Bonchev–Trinajstić information content (AvgIpc) is 2.71. The maximum Gasteiger partial charge on any atom is 0.326 e. The van der Waals surface area contributed by atoms with Crippen molar-refractivity contribution in [2.75, 3.05) is 0 Å². The Bertz CT molecular complexity index is 518. The Morgan fingerprint density at radius 3 is 2.48 bits per heavy atom. The maximum atomic E-state index is 11.8. The smallest absolute Gasteiger partial charge is 0.326 e. The number of rotatable bonds is 8. The second-order valence-electron chi connectivity index (χ2n) is 4.77. The van der Waals surface area contributed by atoms with E-state index in [1.54, 1.807) is 13.8 Å². The molecule has 0 saturated carbocycles. The Hall–Kier alpha value is -2.38. The van der Waals surface area contributed by atoms with E-state index in [1.165, 1.54) is 0 Å². The van der Waals surface area contributed by atoms with Gasteiger partial charge in [0.25, 0.3) is 0 Å². The molecule has 1 heterocycles. The van der Waals surface area contributed by atoms with E-state index in [0.29, 0.717) is 17.9 Å². The van der Waals surface area contributed by atoms with Crippen molar-refractivity contribution in [1.82, 2.24) is 10.5 Å². The quantitative estimate of drug-likeness (QED) is 0.620. The predicted octanol–water partition coefficient (Wildman–Crippen LogP) is 0.0589. The third kappa shape index (κ3) is 5.25. The molecular weight excluding hydrogens is 278 g/mol. The molecule has 0 aromatic carbocycles. The zero-order valence-electron chi connectivity index (χ0n) is 12.0. The molecule has 1 atom stereocenters. The van der Waals surface area contributed by atoms with E-state index < -0.39 is 23.8 Å². The maximum absolute atomic E-state index is 11.8. The normalized spacial score (nSPS) is 11.9. The molecule has 1 aromatic heterocycles. The van der Waals surface area contributed by atoms with Crippen molar-refractivity contribution in [3.8, 4) is 0 Å². The summed E-state index contributed by atoms with van der Waals surface area (Å²) in [5.74, 6) is -1.57. The van der Waals surface area contributed by atoms with Crippen LogP contribution in [0.4, 0.5) is 0 Å². The highest BCUT2D eigenvalue weighted by molar-refractivity contribution is 5.84. The number of nitrogens with one attached hydrogen (secondary N) is 1. The summed E-state index contributed by atoms with van der Waals surface area (Å²) in [6.07, 6.45) is 0.404. The van der Waals surface area contributed by atoms with Crippen LogP contribution in [0.2, 0.25) is 0 Å². The van der Waals surface area contributed by atoms with Gasteiger partial charge in [0.1, 0.15) is 11.8 Å². The van der Waals surface area contributed by atoms with Crippen LogP contribution >= 0.6 is 0 Å². The first-order valence-corrected chi connectivity index (χ1v) is 6.53. The highest BCUT2D eigenvalue weighted by Gasteiger charge is 2.21. The average molecular weight is 297 g/mol. The molecule has 21 heavy (non-hydrogen) atoms. The van der Waals surface area contributed by atoms with Crippen LogP contribution in [0, 0.1) is 13.8 Å². The van der Waals surface area contributed by atoms with Gasteiger partial charge in [0.05, 0.1) is 5.69 Å². The van der Waals surface area contributed by atoms with Crippen molar-refractivity contribution in [3.63, 3.8) is 0 Å². The van der Waals surface area contributed by atoms with Gasteiger partial charge in [-0.2, -0.15) is 0 Å². The molecule has 0 bridgehead atoms. The van der Waals surface area contributed by atoms with Gasteiger partial charge in [0, 0.05) is 18.4 Å².